The third-order valence-electron chi connectivity index (χ3n) is 10.7. The molecule has 0 unspecified atom stereocenters. The van der Waals surface area contributed by atoms with E-state index >= 15 is 0 Å². The Balaban J connectivity index is 1.04. The van der Waals surface area contributed by atoms with E-state index in [-0.39, 0.29) is 0 Å². The van der Waals surface area contributed by atoms with Gasteiger partial charge in [0.2, 0.25) is 0 Å². The number of fused-ring (bicyclic) bond motifs is 5. The Morgan fingerprint density at radius 1 is 0.333 bits per heavy atom. The summed E-state index contributed by atoms with van der Waals surface area (Å²) in [6.45, 7) is 0. The molecule has 3 nitrogen and oxygen atoms in total. The second-order valence-electron chi connectivity index (χ2n) is 14.0. The zero-order valence-electron chi connectivity index (χ0n) is 33.7. The van der Waals surface area contributed by atoms with Crippen LogP contribution in [0.5, 0.6) is 0 Å². The maximum Gasteiger partial charge on any atom is 0.164 e. The van der Waals surface area contributed by atoms with E-state index in [2.05, 4.69) is 84.9 Å². The summed E-state index contributed by atoms with van der Waals surface area (Å²) in [5, 5.41) is 0. The molecule has 3 heteroatoms. The third kappa shape index (κ3) is 5.74. The summed E-state index contributed by atoms with van der Waals surface area (Å²) in [4.78, 5) is 15.0. The molecular weight excluding hydrogens is 655 g/mol. The van der Waals surface area contributed by atoms with Crippen LogP contribution in [0.15, 0.2) is 176 Å². The van der Waals surface area contributed by atoms with Crippen LogP contribution in [0.3, 0.4) is 0 Å². The maximum absolute atomic E-state index is 9.38. The van der Waals surface area contributed by atoms with Crippen LogP contribution in [-0.2, 0) is 5.41 Å². The zero-order chi connectivity index (χ0) is 39.5. The summed E-state index contributed by atoms with van der Waals surface area (Å²) in [5.74, 6) is 1.77. The van der Waals surface area contributed by atoms with Crippen LogP contribution in [0.4, 0.5) is 0 Å². The Bertz CT molecular complexity index is 2800. The fourth-order valence-corrected chi connectivity index (χ4v) is 8.05. The summed E-state index contributed by atoms with van der Waals surface area (Å²) < 4.78 is 37.5. The van der Waals surface area contributed by atoms with E-state index < -0.39 is 18.2 Å². The normalized spacial score (nSPS) is 17.0. The zero-order valence-corrected chi connectivity index (χ0v) is 29.7. The maximum atomic E-state index is 9.38. The summed E-state index contributed by atoms with van der Waals surface area (Å²) in [5.41, 5.74) is 10.8. The van der Waals surface area contributed by atoms with Crippen LogP contribution in [0.2, 0.25) is 0 Å². The fourth-order valence-electron chi connectivity index (χ4n) is 8.05. The molecule has 2 aliphatic carbocycles. The van der Waals surface area contributed by atoms with Crippen LogP contribution in [0, 0.1) is 0 Å². The molecule has 1 aromatic heterocycles. The molecule has 0 radical (unpaired) electrons. The van der Waals surface area contributed by atoms with Gasteiger partial charge in [0.25, 0.3) is 0 Å². The first-order valence-corrected chi connectivity index (χ1v) is 18.6. The van der Waals surface area contributed by atoms with Crippen molar-refractivity contribution >= 4 is 0 Å². The molecule has 1 heterocycles. The summed E-state index contributed by atoms with van der Waals surface area (Å²) in [7, 11) is 0. The molecular formula is C51H39N3. The minimum absolute atomic E-state index is 0.312. The van der Waals surface area contributed by atoms with E-state index in [1.54, 1.807) is 0 Å². The molecule has 2 aliphatic rings. The average Bonchev–Trinajstić information content (AvgIpc) is 3.58. The summed E-state index contributed by atoms with van der Waals surface area (Å²) >= 11 is 0. The van der Waals surface area contributed by atoms with Crippen molar-refractivity contribution in [2.75, 3.05) is 0 Å². The van der Waals surface area contributed by atoms with Crippen LogP contribution in [0.1, 0.15) is 48.6 Å². The SMILES string of the molecule is [2H]C1([2H])CCCC([2H])([2H])C12c1ccccc1-c1ccc(-c3cccc(-c4cccc(-c5nc(-c6ccccc6)nc(-c6ccc(-c7ccccc7)cc6)n5)c4)c3)cc12. The largest absolute Gasteiger partial charge is 0.208 e. The first-order chi connectivity index (χ1) is 28.2. The highest BCUT2D eigenvalue weighted by atomic mass is 15.0. The average molecular weight is 698 g/mol. The van der Waals surface area contributed by atoms with Crippen LogP contribution in [0.25, 0.3) is 78.7 Å². The van der Waals surface area contributed by atoms with E-state index in [0.29, 0.717) is 36.7 Å². The van der Waals surface area contributed by atoms with Gasteiger partial charge in [-0.3, -0.25) is 0 Å². The van der Waals surface area contributed by atoms with Gasteiger partial charge in [0.1, 0.15) is 0 Å². The lowest BCUT2D eigenvalue weighted by atomic mass is 9.67. The number of benzene rings is 7. The molecule has 1 saturated carbocycles. The smallest absolute Gasteiger partial charge is 0.164 e. The fraction of sp³-hybridized carbons (Fsp3) is 0.118. The standard InChI is InChI=1S/C51H39N3/c1-4-14-35(15-5-1)36-24-26-38(27-25-36)49-52-48(37-16-6-2-7-17-37)53-50(54-49)43-21-13-20-41(33-43)39-18-12-19-40(32-39)42-28-29-45-44-22-8-9-23-46(44)51(47(45)34-42)30-10-3-11-31-51/h1-2,4-9,12-29,32-34H,3,10-11,30-31H2/i30D2,31D2. The quantitative estimate of drug-likeness (QED) is 0.174. The van der Waals surface area contributed by atoms with Crippen molar-refractivity contribution in [1.82, 2.24) is 15.0 Å². The Kier molecular flexibility index (Phi) is 7.03. The number of hydrogen-bond acceptors (Lipinski definition) is 3. The van der Waals surface area contributed by atoms with Gasteiger partial charge < -0.3 is 0 Å². The minimum atomic E-state index is -1.77. The van der Waals surface area contributed by atoms with Crippen molar-refractivity contribution in [1.29, 1.82) is 0 Å². The molecule has 1 fully saturated rings. The second-order valence-corrected chi connectivity index (χ2v) is 14.0. The molecule has 10 rings (SSSR count). The van der Waals surface area contributed by atoms with Gasteiger partial charge in [-0.05, 0) is 86.6 Å². The Morgan fingerprint density at radius 3 is 1.43 bits per heavy atom. The van der Waals surface area contributed by atoms with Gasteiger partial charge in [-0.15, -0.1) is 0 Å². The van der Waals surface area contributed by atoms with E-state index in [1.165, 1.54) is 0 Å². The topological polar surface area (TPSA) is 38.7 Å². The van der Waals surface area contributed by atoms with Crippen molar-refractivity contribution < 1.29 is 5.48 Å². The van der Waals surface area contributed by atoms with Crippen LogP contribution < -0.4 is 0 Å². The second kappa shape index (κ2) is 13.5. The molecule has 7 aromatic carbocycles. The Morgan fingerprint density at radius 2 is 0.759 bits per heavy atom. The van der Waals surface area contributed by atoms with Gasteiger partial charge in [-0.1, -0.05) is 177 Å². The lowest BCUT2D eigenvalue weighted by Gasteiger charge is -2.36. The molecule has 54 heavy (non-hydrogen) atoms. The Hall–Kier alpha value is -6.45. The molecule has 0 N–H and O–H groups in total. The van der Waals surface area contributed by atoms with Crippen molar-refractivity contribution in [3.63, 3.8) is 0 Å². The highest BCUT2D eigenvalue weighted by Crippen LogP contribution is 2.56. The molecule has 0 saturated heterocycles. The van der Waals surface area contributed by atoms with Gasteiger partial charge in [-0.25, -0.2) is 15.0 Å². The van der Waals surface area contributed by atoms with Crippen LogP contribution >= 0.6 is 0 Å². The summed E-state index contributed by atoms with van der Waals surface area (Å²) in [6, 6.07) is 59.3. The van der Waals surface area contributed by atoms with Crippen LogP contribution in [-0.4, -0.2) is 15.0 Å². The molecule has 0 amide bonds. The highest BCUT2D eigenvalue weighted by molar-refractivity contribution is 5.85. The van der Waals surface area contributed by atoms with Gasteiger partial charge >= 0.3 is 0 Å². The van der Waals surface area contributed by atoms with E-state index in [0.717, 1.165) is 72.3 Å². The highest BCUT2D eigenvalue weighted by Gasteiger charge is 2.43. The summed E-state index contributed by atoms with van der Waals surface area (Å²) in [6.07, 6.45) is -2.39. The number of hydrogen-bond donors (Lipinski definition) is 0. The third-order valence-corrected chi connectivity index (χ3v) is 10.7. The molecule has 0 bridgehead atoms. The Labute approximate surface area is 322 Å². The molecule has 0 atom stereocenters. The molecule has 1 spiro atoms. The van der Waals surface area contributed by atoms with Crippen molar-refractivity contribution in [3.8, 4) is 78.7 Å². The first-order valence-electron chi connectivity index (χ1n) is 20.6. The predicted molar refractivity (Wildman–Crippen MR) is 222 cm³/mol. The minimum Gasteiger partial charge on any atom is -0.208 e. The monoisotopic (exact) mass is 697 g/mol. The van der Waals surface area contributed by atoms with E-state index in [9.17, 15) is 5.48 Å². The number of aromatic nitrogens is 3. The number of nitrogens with zero attached hydrogens (tertiary/aromatic N) is 3. The van der Waals surface area contributed by atoms with Crippen molar-refractivity contribution in [3.05, 3.63) is 187 Å². The van der Waals surface area contributed by atoms with Crippen molar-refractivity contribution in [2.24, 2.45) is 0 Å². The van der Waals surface area contributed by atoms with Gasteiger partial charge in [-0.2, -0.15) is 0 Å². The van der Waals surface area contributed by atoms with E-state index in [1.807, 2.05) is 91.0 Å². The lowest BCUT2D eigenvalue weighted by Crippen LogP contribution is -2.28. The van der Waals surface area contributed by atoms with E-state index in [4.69, 9.17) is 15.0 Å². The van der Waals surface area contributed by atoms with Gasteiger partial charge in [0, 0.05) is 27.6 Å². The van der Waals surface area contributed by atoms with Gasteiger partial charge in [0.05, 0.1) is 0 Å². The van der Waals surface area contributed by atoms with Gasteiger partial charge in [0.15, 0.2) is 17.5 Å². The first kappa shape index (κ1) is 28.1. The number of rotatable bonds is 6. The van der Waals surface area contributed by atoms with Crippen molar-refractivity contribution in [2.45, 2.75) is 37.4 Å². The molecule has 0 aliphatic heterocycles. The molecule has 8 aromatic rings. The predicted octanol–water partition coefficient (Wildman–Crippen LogP) is 13.1. The molecule has 258 valence electrons. The lowest BCUT2D eigenvalue weighted by molar-refractivity contribution is 0.353.